The molecule has 0 aromatic carbocycles. The highest BCUT2D eigenvalue weighted by molar-refractivity contribution is 5.82. The van der Waals surface area contributed by atoms with Crippen molar-refractivity contribution in [2.45, 2.75) is 37.8 Å². The van der Waals surface area contributed by atoms with E-state index in [1.54, 1.807) is 0 Å². The van der Waals surface area contributed by atoms with E-state index in [2.05, 4.69) is 10.6 Å². The SMILES string of the molecule is O=C(NC1CCCCC1C(=O)O)C1CNCCO1. The molecule has 0 aromatic rings. The predicted molar refractivity (Wildman–Crippen MR) is 64.1 cm³/mol. The molecule has 0 radical (unpaired) electrons. The third kappa shape index (κ3) is 3.20. The number of hydrogen-bond acceptors (Lipinski definition) is 4. The van der Waals surface area contributed by atoms with E-state index >= 15 is 0 Å². The van der Waals surface area contributed by atoms with E-state index in [9.17, 15) is 9.59 Å². The third-order valence-corrected chi connectivity index (χ3v) is 3.63. The molecule has 2 rings (SSSR count). The van der Waals surface area contributed by atoms with Crippen LogP contribution in [0.3, 0.4) is 0 Å². The molecule has 1 saturated carbocycles. The Hall–Kier alpha value is -1.14. The van der Waals surface area contributed by atoms with Gasteiger partial charge in [-0.2, -0.15) is 0 Å². The monoisotopic (exact) mass is 256 g/mol. The summed E-state index contributed by atoms with van der Waals surface area (Å²) in [5.74, 6) is -1.47. The summed E-state index contributed by atoms with van der Waals surface area (Å²) < 4.78 is 5.36. The molecule has 2 aliphatic rings. The smallest absolute Gasteiger partial charge is 0.308 e. The zero-order chi connectivity index (χ0) is 13.0. The maximum atomic E-state index is 12.0. The highest BCUT2D eigenvalue weighted by Crippen LogP contribution is 2.24. The first kappa shape index (κ1) is 13.3. The van der Waals surface area contributed by atoms with Gasteiger partial charge >= 0.3 is 5.97 Å². The maximum absolute atomic E-state index is 12.0. The van der Waals surface area contributed by atoms with Gasteiger partial charge in [0.25, 0.3) is 5.91 Å². The van der Waals surface area contributed by atoms with Crippen LogP contribution in [0.15, 0.2) is 0 Å². The van der Waals surface area contributed by atoms with Gasteiger partial charge in [0, 0.05) is 19.1 Å². The Labute approximate surface area is 106 Å². The summed E-state index contributed by atoms with van der Waals surface area (Å²) >= 11 is 0. The zero-order valence-electron chi connectivity index (χ0n) is 10.4. The van der Waals surface area contributed by atoms with Gasteiger partial charge in [0.1, 0.15) is 6.10 Å². The summed E-state index contributed by atoms with van der Waals surface area (Å²) in [6.07, 6.45) is 2.78. The molecule has 6 heteroatoms. The van der Waals surface area contributed by atoms with Crippen LogP contribution in [0.25, 0.3) is 0 Å². The Morgan fingerprint density at radius 3 is 2.72 bits per heavy atom. The summed E-state index contributed by atoms with van der Waals surface area (Å²) in [7, 11) is 0. The van der Waals surface area contributed by atoms with Crippen LogP contribution in [0.5, 0.6) is 0 Å². The van der Waals surface area contributed by atoms with Gasteiger partial charge in [0.15, 0.2) is 0 Å². The van der Waals surface area contributed by atoms with Crippen LogP contribution in [0, 0.1) is 5.92 Å². The molecule has 2 fully saturated rings. The van der Waals surface area contributed by atoms with Crippen LogP contribution < -0.4 is 10.6 Å². The minimum atomic E-state index is -0.817. The second-order valence-electron chi connectivity index (χ2n) is 4.91. The molecule has 0 bridgehead atoms. The summed E-state index contributed by atoms with van der Waals surface area (Å²) in [6.45, 7) is 1.77. The average Bonchev–Trinajstić information content (AvgIpc) is 2.40. The highest BCUT2D eigenvalue weighted by Gasteiger charge is 2.33. The Bertz CT molecular complexity index is 315. The Morgan fingerprint density at radius 1 is 1.28 bits per heavy atom. The minimum absolute atomic E-state index is 0.194. The molecule has 1 heterocycles. The Morgan fingerprint density at radius 2 is 2.06 bits per heavy atom. The molecular weight excluding hydrogens is 236 g/mol. The Balaban J connectivity index is 1.89. The minimum Gasteiger partial charge on any atom is -0.481 e. The quantitative estimate of drug-likeness (QED) is 0.647. The van der Waals surface area contributed by atoms with Crippen molar-refractivity contribution in [1.29, 1.82) is 0 Å². The molecule has 1 aliphatic carbocycles. The van der Waals surface area contributed by atoms with Crippen molar-refractivity contribution in [3.63, 3.8) is 0 Å². The summed E-state index contributed by atoms with van der Waals surface area (Å²) in [6, 6.07) is -0.255. The third-order valence-electron chi connectivity index (χ3n) is 3.63. The van der Waals surface area contributed by atoms with Crippen molar-refractivity contribution >= 4 is 11.9 Å². The summed E-state index contributed by atoms with van der Waals surface area (Å²) in [5.41, 5.74) is 0. The molecule has 6 nitrogen and oxygen atoms in total. The van der Waals surface area contributed by atoms with Crippen LogP contribution in [-0.4, -0.2) is 48.8 Å². The van der Waals surface area contributed by atoms with E-state index in [4.69, 9.17) is 9.84 Å². The fraction of sp³-hybridized carbons (Fsp3) is 0.833. The van der Waals surface area contributed by atoms with E-state index in [1.807, 2.05) is 0 Å². The van der Waals surface area contributed by atoms with Gasteiger partial charge in [-0.05, 0) is 12.8 Å². The number of amides is 1. The molecule has 1 saturated heterocycles. The van der Waals surface area contributed by atoms with Crippen LogP contribution in [0.4, 0.5) is 0 Å². The van der Waals surface area contributed by atoms with E-state index in [0.29, 0.717) is 19.6 Å². The van der Waals surface area contributed by atoms with Crippen molar-refractivity contribution in [2.24, 2.45) is 5.92 Å². The van der Waals surface area contributed by atoms with Gasteiger partial charge in [0.05, 0.1) is 12.5 Å². The molecule has 0 spiro atoms. The molecule has 0 aromatic heterocycles. The normalized spacial score (nSPS) is 32.8. The lowest BCUT2D eigenvalue weighted by Crippen LogP contribution is -2.53. The zero-order valence-corrected chi connectivity index (χ0v) is 10.4. The van der Waals surface area contributed by atoms with Gasteiger partial charge < -0.3 is 20.5 Å². The fourth-order valence-electron chi connectivity index (χ4n) is 2.61. The Kier molecular flexibility index (Phi) is 4.54. The van der Waals surface area contributed by atoms with Gasteiger partial charge in [0.2, 0.25) is 0 Å². The molecule has 3 atom stereocenters. The number of nitrogens with one attached hydrogen (secondary N) is 2. The van der Waals surface area contributed by atoms with Crippen molar-refractivity contribution in [1.82, 2.24) is 10.6 Å². The molecule has 3 unspecified atom stereocenters. The lowest BCUT2D eigenvalue weighted by atomic mass is 9.84. The van der Waals surface area contributed by atoms with Crippen LogP contribution >= 0.6 is 0 Å². The number of morpholine rings is 1. The van der Waals surface area contributed by atoms with Crippen molar-refractivity contribution in [3.8, 4) is 0 Å². The van der Waals surface area contributed by atoms with Crippen LogP contribution in [0.2, 0.25) is 0 Å². The van der Waals surface area contributed by atoms with E-state index < -0.39 is 18.0 Å². The number of aliphatic carboxylic acids is 1. The maximum Gasteiger partial charge on any atom is 0.308 e. The van der Waals surface area contributed by atoms with E-state index in [0.717, 1.165) is 25.8 Å². The number of hydrogen-bond donors (Lipinski definition) is 3. The van der Waals surface area contributed by atoms with Crippen molar-refractivity contribution in [2.75, 3.05) is 19.7 Å². The van der Waals surface area contributed by atoms with Crippen LogP contribution in [-0.2, 0) is 14.3 Å². The van der Waals surface area contributed by atoms with Gasteiger partial charge in [-0.25, -0.2) is 0 Å². The molecule has 102 valence electrons. The topological polar surface area (TPSA) is 87.7 Å². The summed E-state index contributed by atoms with van der Waals surface area (Å²) in [4.78, 5) is 23.1. The first-order valence-corrected chi connectivity index (χ1v) is 6.54. The van der Waals surface area contributed by atoms with Crippen molar-refractivity contribution < 1.29 is 19.4 Å². The number of carboxylic acids is 1. The molecule has 1 aliphatic heterocycles. The lowest BCUT2D eigenvalue weighted by molar-refractivity contribution is -0.145. The first-order valence-electron chi connectivity index (χ1n) is 6.54. The predicted octanol–water partition coefficient (Wildman–Crippen LogP) is -0.266. The summed E-state index contributed by atoms with van der Waals surface area (Å²) in [5, 5.41) is 15.1. The average molecular weight is 256 g/mol. The second-order valence-corrected chi connectivity index (χ2v) is 4.91. The molecular formula is C12H20N2O4. The van der Waals surface area contributed by atoms with E-state index in [-0.39, 0.29) is 11.9 Å². The molecule has 18 heavy (non-hydrogen) atoms. The van der Waals surface area contributed by atoms with Crippen LogP contribution in [0.1, 0.15) is 25.7 Å². The number of carboxylic acid groups (broad SMARTS) is 1. The molecule has 1 amide bonds. The second kappa shape index (κ2) is 6.15. The number of ether oxygens (including phenoxy) is 1. The molecule has 3 N–H and O–H groups in total. The number of carbonyl (C=O) groups excluding carboxylic acids is 1. The first-order chi connectivity index (χ1) is 8.68. The van der Waals surface area contributed by atoms with Crippen molar-refractivity contribution in [3.05, 3.63) is 0 Å². The van der Waals surface area contributed by atoms with Gasteiger partial charge in [-0.15, -0.1) is 0 Å². The standard InChI is InChI=1S/C12H20N2O4/c15-11(10-7-13-5-6-18-10)14-9-4-2-1-3-8(9)12(16)17/h8-10,13H,1-7H2,(H,14,15)(H,16,17). The lowest BCUT2D eigenvalue weighted by Gasteiger charge is -2.31. The van der Waals surface area contributed by atoms with E-state index in [1.165, 1.54) is 0 Å². The van der Waals surface area contributed by atoms with Gasteiger partial charge in [-0.1, -0.05) is 12.8 Å². The van der Waals surface area contributed by atoms with Gasteiger partial charge in [-0.3, -0.25) is 9.59 Å². The highest BCUT2D eigenvalue weighted by atomic mass is 16.5. The number of rotatable bonds is 3. The number of carbonyl (C=O) groups is 2. The largest absolute Gasteiger partial charge is 0.481 e. The fourth-order valence-corrected chi connectivity index (χ4v) is 2.61.